The van der Waals surface area contributed by atoms with Crippen LogP contribution in [-0.4, -0.2) is 17.0 Å². The van der Waals surface area contributed by atoms with E-state index in [1.807, 2.05) is 0 Å². The molecule has 0 saturated heterocycles. The molecular formula is C2HF2LiNaO6P. The molecule has 0 fully saturated rings. The molecule has 0 aliphatic heterocycles. The van der Waals surface area contributed by atoms with Crippen molar-refractivity contribution in [1.82, 2.24) is 0 Å². The fourth-order valence-electron chi connectivity index (χ4n) is 0. The fraction of sp³-hybridized carbons (Fsp3) is 0. The van der Waals surface area contributed by atoms with Gasteiger partial charge in [0, 0.05) is 0 Å². The molecule has 0 unspecified atom stereocenters. The Kier molecular flexibility index (Phi) is 19.9. The second kappa shape index (κ2) is 11.0. The number of hydrogen-bond donors (Lipinski definition) is 1. The molecule has 0 bridgehead atoms. The van der Waals surface area contributed by atoms with Gasteiger partial charge in [0.2, 0.25) is 0 Å². The van der Waals surface area contributed by atoms with Gasteiger partial charge in [-0.3, -0.25) is 0 Å². The summed E-state index contributed by atoms with van der Waals surface area (Å²) in [5.74, 6) is 0. The smallest absolute Gasteiger partial charge is 0.790 e. The zero-order valence-corrected chi connectivity index (χ0v) is 9.59. The van der Waals surface area contributed by atoms with Gasteiger partial charge in [-0.15, -0.1) is 0 Å². The first kappa shape index (κ1) is 23.6. The Labute approximate surface area is 105 Å². The van der Waals surface area contributed by atoms with Gasteiger partial charge < -0.3 is 19.2 Å². The molecule has 0 aliphatic carbocycles. The van der Waals surface area contributed by atoms with Gasteiger partial charge >= 0.3 is 60.5 Å². The third-order valence-electron chi connectivity index (χ3n) is 0.155. The van der Waals surface area contributed by atoms with E-state index in [9.17, 15) is 8.78 Å². The van der Waals surface area contributed by atoms with Crippen molar-refractivity contribution in [3.05, 3.63) is 0 Å². The van der Waals surface area contributed by atoms with Crippen molar-refractivity contribution in [1.29, 1.82) is 0 Å². The van der Waals surface area contributed by atoms with E-state index in [0.717, 1.165) is 0 Å². The molecule has 0 atom stereocenters. The third-order valence-corrected chi connectivity index (χ3v) is 0.155. The van der Waals surface area contributed by atoms with Crippen molar-refractivity contribution in [3.63, 3.8) is 0 Å². The third kappa shape index (κ3) is 63.8. The summed E-state index contributed by atoms with van der Waals surface area (Å²) in [6.07, 6.45) is 0. The van der Waals surface area contributed by atoms with Crippen molar-refractivity contribution in [2.24, 2.45) is 0 Å². The second-order valence-corrected chi connectivity index (χ2v) is 1.95. The molecule has 0 spiro atoms. The van der Waals surface area contributed by atoms with Crippen LogP contribution < -0.4 is 58.2 Å². The van der Waals surface area contributed by atoms with Crippen molar-refractivity contribution in [2.75, 3.05) is 0 Å². The van der Waals surface area contributed by atoms with E-state index in [4.69, 9.17) is 28.8 Å². The molecule has 0 aliphatic rings. The topological polar surface area (TPSA) is 118 Å². The molecule has 0 aromatic heterocycles. The van der Waals surface area contributed by atoms with E-state index in [2.05, 4.69) is 0 Å². The Morgan fingerprint density at radius 2 is 1.23 bits per heavy atom. The zero-order valence-electron chi connectivity index (χ0n) is 6.69. The summed E-state index contributed by atoms with van der Waals surface area (Å²) in [4.78, 5) is 41.8. The number of halogens is 2. The summed E-state index contributed by atoms with van der Waals surface area (Å²) >= 11 is 0. The first-order valence-corrected chi connectivity index (χ1v) is 3.28. The average Bonchev–Trinajstić information content (AvgIpc) is 1.59. The van der Waals surface area contributed by atoms with Gasteiger partial charge in [-0.1, -0.05) is 0 Å². The van der Waals surface area contributed by atoms with E-state index in [1.54, 1.807) is 0 Å². The van der Waals surface area contributed by atoms with Crippen LogP contribution in [0.5, 0.6) is 0 Å². The molecule has 0 saturated carbocycles. The first-order valence-electron chi connectivity index (χ1n) is 1.78. The van der Waals surface area contributed by atoms with E-state index in [-0.39, 0.29) is 48.4 Å². The Bertz CT molecular complexity index is 185. The van der Waals surface area contributed by atoms with Crippen molar-refractivity contribution < 1.29 is 86.0 Å². The van der Waals surface area contributed by atoms with Crippen LogP contribution in [0.25, 0.3) is 0 Å². The Morgan fingerprint density at radius 3 is 1.23 bits per heavy atom. The van der Waals surface area contributed by atoms with Crippen molar-refractivity contribution in [2.45, 2.75) is 0 Å². The minimum Gasteiger partial charge on any atom is -0.790 e. The maximum atomic E-state index is 10.5. The molecule has 11 heteroatoms. The van der Waals surface area contributed by atoms with Gasteiger partial charge in [0.15, 0.2) is 0 Å². The van der Waals surface area contributed by atoms with E-state index in [0.29, 0.717) is 0 Å². The van der Waals surface area contributed by atoms with Gasteiger partial charge in [0.1, 0.15) is 0 Å². The maximum absolute atomic E-state index is 10.5. The Balaban J connectivity index is -0.0000000546. The number of phosphoric acid groups is 1. The van der Waals surface area contributed by atoms with Crippen LogP contribution in [-0.2, 0) is 14.2 Å². The summed E-state index contributed by atoms with van der Waals surface area (Å²) in [5, 5.41) is 0. The van der Waals surface area contributed by atoms with Crippen LogP contribution >= 0.6 is 7.82 Å². The maximum Gasteiger partial charge on any atom is 1.00 e. The van der Waals surface area contributed by atoms with Crippen molar-refractivity contribution >= 4 is 19.9 Å². The molecule has 0 rings (SSSR count). The van der Waals surface area contributed by atoms with E-state index >= 15 is 0 Å². The summed E-state index contributed by atoms with van der Waals surface area (Å²) in [7, 11) is -5.14. The fourth-order valence-corrected chi connectivity index (χ4v) is 0. The molecule has 0 amide bonds. The molecule has 0 aromatic rings. The molecular weight excluding hydrogens is 219 g/mol. The van der Waals surface area contributed by atoms with Gasteiger partial charge in [0.05, 0.1) is 7.82 Å². The standard InChI is InChI=1S/C2F2O2.Li.Na.H3O4P/c3-1(5)2(4)6;;;1-5(2,3)4/h;;;(H3,1,2,3,4)/q;2*+1;/p-2. The van der Waals surface area contributed by atoms with Gasteiger partial charge in [0.25, 0.3) is 0 Å². The van der Waals surface area contributed by atoms with Gasteiger partial charge in [-0.05, 0) is 0 Å². The molecule has 1 N–H and O–H groups in total. The molecule has 13 heavy (non-hydrogen) atoms. The van der Waals surface area contributed by atoms with Gasteiger partial charge in [-0.2, -0.15) is 8.78 Å². The summed E-state index contributed by atoms with van der Waals surface area (Å²) in [6.45, 7) is 0. The Hall–Kier alpha value is 0.907. The predicted molar refractivity (Wildman–Crippen MR) is 22.1 cm³/mol. The number of carbonyl (C=O) groups excluding carboxylic acids is 2. The minimum atomic E-state index is -5.14. The van der Waals surface area contributed by atoms with Crippen molar-refractivity contribution in [3.8, 4) is 0 Å². The number of carbonyl (C=O) groups is 2. The van der Waals surface area contributed by atoms with Crippen LogP contribution in [0.3, 0.4) is 0 Å². The number of rotatable bonds is 1. The molecule has 0 radical (unpaired) electrons. The van der Waals surface area contributed by atoms with Gasteiger partial charge in [-0.25, -0.2) is 9.59 Å². The molecule has 0 heterocycles. The number of hydrogen-bond acceptors (Lipinski definition) is 5. The van der Waals surface area contributed by atoms with E-state index < -0.39 is 19.9 Å². The zero-order chi connectivity index (χ0) is 9.65. The average molecular weight is 220 g/mol. The SMILES string of the molecule is O=C(F)C(=O)F.O=P([O-])([O-])O.[Li+].[Na+]. The quantitative estimate of drug-likeness (QED) is 0.203. The summed E-state index contributed by atoms with van der Waals surface area (Å²) in [6, 6.07) is -5.09. The van der Waals surface area contributed by atoms with Crippen LogP contribution in [0.15, 0.2) is 0 Å². The monoisotopic (exact) mass is 220 g/mol. The summed E-state index contributed by atoms with van der Waals surface area (Å²) < 4.78 is 29.6. The Morgan fingerprint density at radius 1 is 1.15 bits per heavy atom. The summed E-state index contributed by atoms with van der Waals surface area (Å²) in [5.41, 5.74) is 0. The van der Waals surface area contributed by atoms with Crippen LogP contribution in [0, 0.1) is 0 Å². The second-order valence-electron chi connectivity index (χ2n) is 1.02. The molecule has 0 aromatic carbocycles. The molecule has 6 nitrogen and oxygen atoms in total. The minimum absolute atomic E-state index is 0. The largest absolute Gasteiger partial charge is 1.00 e. The first-order chi connectivity index (χ1) is 4.64. The predicted octanol–water partition coefficient (Wildman–Crippen LogP) is -8.21. The molecule has 66 valence electrons. The van der Waals surface area contributed by atoms with E-state index in [1.165, 1.54) is 0 Å². The normalized spacial score (nSPS) is 8.08. The van der Waals surface area contributed by atoms with Crippen LogP contribution in [0.4, 0.5) is 8.78 Å². The van der Waals surface area contributed by atoms with Crippen LogP contribution in [0.1, 0.15) is 0 Å². The van der Waals surface area contributed by atoms with Crippen LogP contribution in [0.2, 0.25) is 0 Å².